The van der Waals surface area contributed by atoms with Crippen LogP contribution in [-0.4, -0.2) is 23.0 Å². The lowest BCUT2D eigenvalue weighted by molar-refractivity contribution is -0.117. The minimum Gasteiger partial charge on any atom is -0.494 e. The third-order valence-electron chi connectivity index (χ3n) is 5.58. The fourth-order valence-electron chi connectivity index (χ4n) is 3.99. The average molecular weight is 437 g/mol. The van der Waals surface area contributed by atoms with Crippen molar-refractivity contribution in [3.8, 4) is 5.75 Å². The molecule has 0 radical (unpaired) electrons. The van der Waals surface area contributed by atoms with Gasteiger partial charge in [0.05, 0.1) is 12.3 Å². The third kappa shape index (κ3) is 4.23. The summed E-state index contributed by atoms with van der Waals surface area (Å²) in [6, 6.07) is 26.8. The largest absolute Gasteiger partial charge is 0.494 e. The number of anilines is 1. The van der Waals surface area contributed by atoms with Crippen LogP contribution in [0.2, 0.25) is 0 Å². The zero-order valence-corrected chi connectivity index (χ0v) is 18.0. The van der Waals surface area contributed by atoms with Gasteiger partial charge in [-0.2, -0.15) is 0 Å². The van der Waals surface area contributed by atoms with Crippen LogP contribution < -0.4 is 15.2 Å². The molecular formula is C27H23N3O3. The van der Waals surface area contributed by atoms with E-state index < -0.39 is 5.91 Å². The molecule has 33 heavy (non-hydrogen) atoms. The summed E-state index contributed by atoms with van der Waals surface area (Å²) < 4.78 is 7.95. The molecule has 1 aromatic heterocycles. The average Bonchev–Trinajstić information content (AvgIpc) is 3.35. The molecule has 0 atom stereocenters. The molecule has 164 valence electrons. The number of benzene rings is 3. The van der Waals surface area contributed by atoms with Gasteiger partial charge in [0.15, 0.2) is 0 Å². The van der Waals surface area contributed by atoms with E-state index in [4.69, 9.17) is 4.74 Å². The van der Waals surface area contributed by atoms with E-state index in [0.717, 1.165) is 35.2 Å². The first kappa shape index (κ1) is 20.6. The molecule has 1 saturated heterocycles. The van der Waals surface area contributed by atoms with E-state index in [2.05, 4.69) is 9.99 Å². The number of rotatable bonds is 7. The van der Waals surface area contributed by atoms with Crippen molar-refractivity contribution < 1.29 is 14.3 Å². The number of amides is 2. The maximum Gasteiger partial charge on any atom is 0.282 e. The molecule has 4 aromatic rings. The molecular weight excluding hydrogens is 414 g/mol. The Kier molecular flexibility index (Phi) is 5.64. The molecule has 1 fully saturated rings. The summed E-state index contributed by atoms with van der Waals surface area (Å²) in [5.74, 6) is 0.0882. The van der Waals surface area contributed by atoms with Crippen molar-refractivity contribution in [1.82, 2.24) is 9.99 Å². The van der Waals surface area contributed by atoms with E-state index in [1.165, 1.54) is 5.01 Å². The molecule has 3 aromatic carbocycles. The molecule has 5 rings (SSSR count). The third-order valence-corrected chi connectivity index (χ3v) is 5.58. The standard InChI is InChI=1S/C27H23N3O3/c31-26-24(27(32)30(28-26)21-10-3-1-4-11-21)18-20-19-29(25-15-8-7-14-23(20)25)16-9-17-33-22-12-5-2-6-13-22/h1-8,10-15,18-19H,9,16-17H2,(H,28,31). The lowest BCUT2D eigenvalue weighted by Gasteiger charge is -2.13. The van der Waals surface area contributed by atoms with Crippen molar-refractivity contribution in [2.75, 3.05) is 11.6 Å². The predicted octanol–water partition coefficient (Wildman–Crippen LogP) is 4.57. The van der Waals surface area contributed by atoms with E-state index >= 15 is 0 Å². The highest BCUT2D eigenvalue weighted by Crippen LogP contribution is 2.27. The van der Waals surface area contributed by atoms with Gasteiger partial charge in [-0.15, -0.1) is 0 Å². The van der Waals surface area contributed by atoms with Crippen LogP contribution in [-0.2, 0) is 16.1 Å². The fraction of sp³-hybridized carbons (Fsp3) is 0.111. The quantitative estimate of drug-likeness (QED) is 0.262. The zero-order chi connectivity index (χ0) is 22.6. The van der Waals surface area contributed by atoms with Crippen LogP contribution >= 0.6 is 0 Å². The maximum atomic E-state index is 13.0. The number of hydrazine groups is 1. The minimum atomic E-state index is -0.406. The van der Waals surface area contributed by atoms with E-state index in [1.54, 1.807) is 18.2 Å². The number of fused-ring (bicyclic) bond motifs is 1. The monoisotopic (exact) mass is 437 g/mol. The molecule has 6 heteroatoms. The second-order valence-corrected chi connectivity index (χ2v) is 7.79. The maximum absolute atomic E-state index is 13.0. The van der Waals surface area contributed by atoms with Crippen LogP contribution in [0.3, 0.4) is 0 Å². The highest BCUT2D eigenvalue weighted by molar-refractivity contribution is 6.32. The number of nitrogens with zero attached hydrogens (tertiary/aromatic N) is 2. The van der Waals surface area contributed by atoms with Crippen LogP contribution in [0.15, 0.2) is 96.7 Å². The summed E-state index contributed by atoms with van der Waals surface area (Å²) in [6.07, 6.45) is 4.50. The van der Waals surface area contributed by atoms with Gasteiger partial charge in [0.25, 0.3) is 11.8 Å². The van der Waals surface area contributed by atoms with Gasteiger partial charge < -0.3 is 9.30 Å². The summed E-state index contributed by atoms with van der Waals surface area (Å²) in [6.45, 7) is 1.35. The number of carbonyl (C=O) groups is 2. The second-order valence-electron chi connectivity index (χ2n) is 7.79. The SMILES string of the molecule is O=C1NN(c2ccccc2)C(=O)C1=Cc1cn(CCCOc2ccccc2)c2ccccc12. The van der Waals surface area contributed by atoms with E-state index in [1.807, 2.05) is 79.0 Å². The molecule has 0 saturated carbocycles. The number of hydrogen-bond acceptors (Lipinski definition) is 3. The number of carbonyl (C=O) groups excluding carboxylic acids is 2. The number of para-hydroxylation sites is 3. The van der Waals surface area contributed by atoms with Crippen molar-refractivity contribution in [2.24, 2.45) is 0 Å². The molecule has 0 unspecified atom stereocenters. The van der Waals surface area contributed by atoms with Crippen molar-refractivity contribution in [1.29, 1.82) is 0 Å². The molecule has 2 amide bonds. The van der Waals surface area contributed by atoms with Crippen molar-refractivity contribution in [2.45, 2.75) is 13.0 Å². The van der Waals surface area contributed by atoms with Gasteiger partial charge in [-0.05, 0) is 42.8 Å². The first-order valence-electron chi connectivity index (χ1n) is 10.9. The Hall–Kier alpha value is -4.32. The van der Waals surface area contributed by atoms with Gasteiger partial charge >= 0.3 is 0 Å². The van der Waals surface area contributed by atoms with Gasteiger partial charge in [0, 0.05) is 29.2 Å². The van der Waals surface area contributed by atoms with Crippen molar-refractivity contribution >= 4 is 34.5 Å². The van der Waals surface area contributed by atoms with Crippen LogP contribution in [0, 0.1) is 0 Å². The number of hydrogen-bond donors (Lipinski definition) is 1. The minimum absolute atomic E-state index is 0.120. The van der Waals surface area contributed by atoms with Crippen LogP contribution in [0.5, 0.6) is 5.75 Å². The zero-order valence-electron chi connectivity index (χ0n) is 18.0. The fourth-order valence-corrected chi connectivity index (χ4v) is 3.99. The molecule has 0 bridgehead atoms. The van der Waals surface area contributed by atoms with Gasteiger partial charge in [-0.25, -0.2) is 5.01 Å². The Morgan fingerprint density at radius 3 is 2.33 bits per heavy atom. The van der Waals surface area contributed by atoms with E-state index in [0.29, 0.717) is 12.3 Å². The second kappa shape index (κ2) is 9.04. The molecule has 1 N–H and O–H groups in total. The Bertz CT molecular complexity index is 1330. The Labute approximate surface area is 191 Å². The van der Waals surface area contributed by atoms with Crippen LogP contribution in [0.25, 0.3) is 17.0 Å². The highest BCUT2D eigenvalue weighted by Gasteiger charge is 2.34. The van der Waals surface area contributed by atoms with Crippen LogP contribution in [0.4, 0.5) is 5.69 Å². The highest BCUT2D eigenvalue weighted by atomic mass is 16.5. The molecule has 2 heterocycles. The first-order valence-corrected chi connectivity index (χ1v) is 10.9. The van der Waals surface area contributed by atoms with Crippen molar-refractivity contribution in [3.63, 3.8) is 0 Å². The number of aromatic nitrogens is 1. The first-order chi connectivity index (χ1) is 16.2. The molecule has 1 aliphatic rings. The van der Waals surface area contributed by atoms with Gasteiger partial charge in [-0.3, -0.25) is 15.0 Å². The normalized spacial score (nSPS) is 14.8. The smallest absolute Gasteiger partial charge is 0.282 e. The van der Waals surface area contributed by atoms with Gasteiger partial charge in [0.1, 0.15) is 11.3 Å². The number of nitrogens with one attached hydrogen (secondary N) is 1. The molecule has 0 spiro atoms. The molecule has 1 aliphatic heterocycles. The summed E-state index contributed by atoms with van der Waals surface area (Å²) >= 11 is 0. The number of ether oxygens (including phenoxy) is 1. The Balaban J connectivity index is 1.37. The van der Waals surface area contributed by atoms with E-state index in [-0.39, 0.29) is 11.5 Å². The number of aryl methyl sites for hydroxylation is 1. The lowest BCUT2D eigenvalue weighted by atomic mass is 10.1. The van der Waals surface area contributed by atoms with Crippen molar-refractivity contribution in [3.05, 3.63) is 102 Å². The predicted molar refractivity (Wildman–Crippen MR) is 129 cm³/mol. The topological polar surface area (TPSA) is 63.6 Å². The van der Waals surface area contributed by atoms with E-state index in [9.17, 15) is 9.59 Å². The summed E-state index contributed by atoms with van der Waals surface area (Å²) in [5.41, 5.74) is 5.29. The Morgan fingerprint density at radius 1 is 0.848 bits per heavy atom. The van der Waals surface area contributed by atoms with Gasteiger partial charge in [-0.1, -0.05) is 54.6 Å². The summed E-state index contributed by atoms with van der Waals surface area (Å²) in [7, 11) is 0. The lowest BCUT2D eigenvalue weighted by Crippen LogP contribution is -2.35. The molecule has 6 nitrogen and oxygen atoms in total. The summed E-state index contributed by atoms with van der Waals surface area (Å²) in [4.78, 5) is 25.6. The van der Waals surface area contributed by atoms with Gasteiger partial charge in [0.2, 0.25) is 0 Å². The molecule has 0 aliphatic carbocycles. The summed E-state index contributed by atoms with van der Waals surface area (Å²) in [5, 5.41) is 2.28. The van der Waals surface area contributed by atoms with Crippen LogP contribution in [0.1, 0.15) is 12.0 Å². The Morgan fingerprint density at radius 2 is 1.55 bits per heavy atom.